The highest BCUT2D eigenvalue weighted by Crippen LogP contribution is 2.29. The van der Waals surface area contributed by atoms with Crippen molar-refractivity contribution in [2.45, 2.75) is 110 Å². The molecule has 0 aliphatic carbocycles. The van der Waals surface area contributed by atoms with E-state index in [2.05, 4.69) is 19.2 Å². The fourth-order valence-corrected chi connectivity index (χ4v) is 6.66. The van der Waals surface area contributed by atoms with Gasteiger partial charge in [-0.05, 0) is 36.7 Å². The Morgan fingerprint density at radius 2 is 1.70 bits per heavy atom. The number of hydrogen-bond donors (Lipinski definition) is 2. The first-order valence-electron chi connectivity index (χ1n) is 16.6. The third kappa shape index (κ3) is 10.5. The fraction of sp³-hybridized carbons (Fsp3) is 0.714. The molecule has 260 valence electrons. The van der Waals surface area contributed by atoms with E-state index in [0.29, 0.717) is 19.4 Å². The summed E-state index contributed by atoms with van der Waals surface area (Å²) in [7, 11) is 6.14. The average molecular weight is 647 g/mol. The van der Waals surface area contributed by atoms with Crippen LogP contribution in [0, 0.1) is 17.8 Å². The van der Waals surface area contributed by atoms with E-state index in [1.165, 1.54) is 14.2 Å². The third-order valence-electron chi connectivity index (χ3n) is 9.39. The molecule has 2 rings (SSSR count). The van der Waals surface area contributed by atoms with Crippen LogP contribution in [0.15, 0.2) is 30.3 Å². The number of hydrogen-bond acceptors (Lipinski definition) is 8. The Labute approximate surface area is 275 Å². The molecular formula is C35H58N4O7. The molecule has 3 N–H and O–H groups in total. The predicted molar refractivity (Wildman–Crippen MR) is 178 cm³/mol. The van der Waals surface area contributed by atoms with Crippen LogP contribution in [0.4, 0.5) is 0 Å². The monoisotopic (exact) mass is 646 g/mol. The van der Waals surface area contributed by atoms with E-state index >= 15 is 0 Å². The van der Waals surface area contributed by atoms with Crippen LogP contribution in [-0.4, -0.2) is 105 Å². The normalized spacial score (nSPS) is 19.5. The van der Waals surface area contributed by atoms with Gasteiger partial charge in [0.15, 0.2) is 0 Å². The molecular weight excluding hydrogens is 588 g/mol. The van der Waals surface area contributed by atoms with Crippen molar-refractivity contribution in [3.05, 3.63) is 35.9 Å². The highest BCUT2D eigenvalue weighted by atomic mass is 16.5. The molecule has 1 aliphatic heterocycles. The maximum atomic E-state index is 13.9. The SMILES string of the molecule is CC[C@H](C)[C@@H]([C@@H](CC(=O)N1CCC[C@H]1[C@H](OC)[C@@H](C)C(=O)N[C@@H](Cc1ccccc1)C(=O)OC)OC)N(C)C(=O)[C@@H](N)CC(C)C. The Hall–Kier alpha value is -3.02. The number of benzene rings is 1. The van der Waals surface area contributed by atoms with Gasteiger partial charge in [-0.15, -0.1) is 0 Å². The Kier molecular flexibility index (Phi) is 16.1. The number of rotatable bonds is 18. The molecule has 1 aliphatic rings. The number of nitrogens with two attached hydrogens (primary N) is 1. The second kappa shape index (κ2) is 19.0. The first-order chi connectivity index (χ1) is 21.8. The molecule has 46 heavy (non-hydrogen) atoms. The number of nitrogens with zero attached hydrogens (tertiary/aromatic N) is 2. The summed E-state index contributed by atoms with van der Waals surface area (Å²) in [5.41, 5.74) is 7.16. The number of likely N-dealkylation sites (tertiary alicyclic amines) is 1. The third-order valence-corrected chi connectivity index (χ3v) is 9.39. The Morgan fingerprint density at radius 1 is 1.04 bits per heavy atom. The highest BCUT2D eigenvalue weighted by molar-refractivity contribution is 5.86. The van der Waals surface area contributed by atoms with Crippen LogP contribution >= 0.6 is 0 Å². The lowest BCUT2D eigenvalue weighted by molar-refractivity contribution is -0.148. The van der Waals surface area contributed by atoms with Crippen LogP contribution in [0.2, 0.25) is 0 Å². The van der Waals surface area contributed by atoms with E-state index in [1.54, 1.807) is 30.9 Å². The van der Waals surface area contributed by atoms with Crippen molar-refractivity contribution >= 4 is 23.7 Å². The Bertz CT molecular complexity index is 1120. The topological polar surface area (TPSA) is 141 Å². The number of methoxy groups -OCH3 is 3. The molecule has 0 unspecified atom stereocenters. The van der Waals surface area contributed by atoms with Crippen molar-refractivity contribution in [2.24, 2.45) is 23.5 Å². The summed E-state index contributed by atoms with van der Waals surface area (Å²) in [5, 5.41) is 2.85. The van der Waals surface area contributed by atoms with Crippen LogP contribution in [-0.2, 0) is 39.8 Å². The lowest BCUT2D eigenvalue weighted by Gasteiger charge is -2.40. The average Bonchev–Trinajstić information content (AvgIpc) is 3.53. The van der Waals surface area contributed by atoms with E-state index in [4.69, 9.17) is 19.9 Å². The maximum Gasteiger partial charge on any atom is 0.328 e. The summed E-state index contributed by atoms with van der Waals surface area (Å²) in [6.45, 7) is 10.4. The summed E-state index contributed by atoms with van der Waals surface area (Å²) in [4.78, 5) is 56.8. The van der Waals surface area contributed by atoms with Gasteiger partial charge in [-0.25, -0.2) is 4.79 Å². The van der Waals surface area contributed by atoms with Gasteiger partial charge in [-0.2, -0.15) is 0 Å². The first kappa shape index (κ1) is 39.2. The van der Waals surface area contributed by atoms with Crippen LogP contribution in [0.3, 0.4) is 0 Å². The molecule has 0 bridgehead atoms. The van der Waals surface area contributed by atoms with E-state index in [-0.39, 0.29) is 54.5 Å². The summed E-state index contributed by atoms with van der Waals surface area (Å²) in [5.74, 6) is -1.52. The van der Waals surface area contributed by atoms with Gasteiger partial charge in [0.2, 0.25) is 17.7 Å². The smallest absolute Gasteiger partial charge is 0.328 e. The molecule has 1 aromatic rings. The maximum absolute atomic E-state index is 13.9. The van der Waals surface area contributed by atoms with Gasteiger partial charge in [-0.3, -0.25) is 14.4 Å². The minimum absolute atomic E-state index is 0.0569. The summed E-state index contributed by atoms with van der Waals surface area (Å²) < 4.78 is 16.8. The Balaban J connectivity index is 2.21. The zero-order valence-corrected chi connectivity index (χ0v) is 29.4. The van der Waals surface area contributed by atoms with Crippen molar-refractivity contribution in [1.29, 1.82) is 0 Å². The molecule has 0 saturated carbocycles. The number of carbonyl (C=O) groups is 4. The highest BCUT2D eigenvalue weighted by Gasteiger charge is 2.42. The quantitative estimate of drug-likeness (QED) is 0.232. The van der Waals surface area contributed by atoms with Crippen molar-refractivity contribution in [1.82, 2.24) is 15.1 Å². The van der Waals surface area contributed by atoms with E-state index < -0.39 is 36.2 Å². The minimum atomic E-state index is -0.866. The number of esters is 1. The van der Waals surface area contributed by atoms with E-state index in [9.17, 15) is 19.2 Å². The summed E-state index contributed by atoms with van der Waals surface area (Å²) in [6, 6.07) is 7.21. The van der Waals surface area contributed by atoms with Gasteiger partial charge in [0.1, 0.15) is 6.04 Å². The van der Waals surface area contributed by atoms with E-state index in [0.717, 1.165) is 18.4 Å². The van der Waals surface area contributed by atoms with Gasteiger partial charge in [0.05, 0.1) is 49.8 Å². The van der Waals surface area contributed by atoms with Crippen molar-refractivity contribution in [3.63, 3.8) is 0 Å². The molecule has 11 heteroatoms. The zero-order chi connectivity index (χ0) is 34.6. The lowest BCUT2D eigenvalue weighted by Crippen LogP contribution is -2.56. The summed E-state index contributed by atoms with van der Waals surface area (Å²) >= 11 is 0. The van der Waals surface area contributed by atoms with Crippen LogP contribution in [0.25, 0.3) is 0 Å². The van der Waals surface area contributed by atoms with Gasteiger partial charge >= 0.3 is 5.97 Å². The standard InChI is InChI=1S/C35H58N4O7/c1-10-23(4)31(38(6)34(42)26(36)19-22(2)3)29(44-7)21-30(40)39-18-14-17-28(39)32(45-8)24(5)33(41)37-27(35(43)46-9)20-25-15-12-11-13-16-25/h11-13,15-16,22-24,26-29,31-32H,10,14,17-21,36H2,1-9H3,(H,37,41)/t23-,24+,26-,27-,28-,29+,31-,32+/m0/s1. The Morgan fingerprint density at radius 3 is 2.24 bits per heavy atom. The largest absolute Gasteiger partial charge is 0.467 e. The number of amides is 3. The molecule has 0 spiro atoms. The van der Waals surface area contributed by atoms with Crippen LogP contribution in [0.1, 0.15) is 72.3 Å². The van der Waals surface area contributed by atoms with Crippen molar-refractivity contribution in [3.8, 4) is 0 Å². The number of likely N-dealkylation sites (N-methyl/N-ethyl adjacent to an activating group) is 1. The predicted octanol–water partition coefficient (Wildman–Crippen LogP) is 3.18. The number of ether oxygens (including phenoxy) is 3. The molecule has 1 heterocycles. The second-order valence-corrected chi connectivity index (χ2v) is 13.1. The molecule has 3 amide bonds. The molecule has 1 fully saturated rings. The molecule has 8 atom stereocenters. The molecule has 11 nitrogen and oxygen atoms in total. The second-order valence-electron chi connectivity index (χ2n) is 13.1. The van der Waals surface area contributed by atoms with Gasteiger partial charge in [0, 0.05) is 34.2 Å². The minimum Gasteiger partial charge on any atom is -0.467 e. The van der Waals surface area contributed by atoms with Gasteiger partial charge in [-0.1, -0.05) is 71.4 Å². The zero-order valence-electron chi connectivity index (χ0n) is 29.4. The fourth-order valence-electron chi connectivity index (χ4n) is 6.66. The van der Waals surface area contributed by atoms with Crippen molar-refractivity contribution < 1.29 is 33.4 Å². The van der Waals surface area contributed by atoms with E-state index in [1.807, 2.05) is 44.2 Å². The molecule has 1 aromatic carbocycles. The number of carbonyl (C=O) groups excluding carboxylic acids is 4. The van der Waals surface area contributed by atoms with Gasteiger partial charge < -0.3 is 35.1 Å². The van der Waals surface area contributed by atoms with Crippen molar-refractivity contribution in [2.75, 3.05) is 34.9 Å². The molecule has 0 aromatic heterocycles. The molecule has 0 radical (unpaired) electrons. The molecule has 1 saturated heterocycles. The summed E-state index contributed by atoms with van der Waals surface area (Å²) in [6.07, 6.45) is 1.98. The van der Waals surface area contributed by atoms with Crippen LogP contribution < -0.4 is 11.1 Å². The van der Waals surface area contributed by atoms with Crippen LogP contribution in [0.5, 0.6) is 0 Å². The number of nitrogens with one attached hydrogen (secondary N) is 1. The lowest BCUT2D eigenvalue weighted by atomic mass is 9.89. The van der Waals surface area contributed by atoms with Gasteiger partial charge in [0.25, 0.3) is 0 Å². The first-order valence-corrected chi connectivity index (χ1v) is 16.6.